The lowest BCUT2D eigenvalue weighted by Crippen LogP contribution is -2.53. The molecule has 0 heterocycles. The number of nitrogens with one attached hydrogen (secondary N) is 1. The van der Waals surface area contributed by atoms with Gasteiger partial charge in [0.25, 0.3) is 10.0 Å². The van der Waals surface area contributed by atoms with Crippen LogP contribution in [0.2, 0.25) is 5.02 Å². The maximum atomic E-state index is 14.4. The molecule has 8 nitrogen and oxygen atoms in total. The first-order valence-electron chi connectivity index (χ1n) is 14.3. The third-order valence-corrected chi connectivity index (χ3v) is 9.10. The Morgan fingerprint density at radius 3 is 2.05 bits per heavy atom. The summed E-state index contributed by atoms with van der Waals surface area (Å²) in [4.78, 5) is 29.6. The second-order valence-corrected chi connectivity index (χ2v) is 12.5. The van der Waals surface area contributed by atoms with E-state index in [1.165, 1.54) is 24.1 Å². The van der Waals surface area contributed by atoms with Gasteiger partial charge >= 0.3 is 0 Å². The van der Waals surface area contributed by atoms with Crippen LogP contribution in [-0.2, 0) is 32.6 Å². The van der Waals surface area contributed by atoms with E-state index >= 15 is 0 Å². The van der Waals surface area contributed by atoms with E-state index in [0.29, 0.717) is 17.3 Å². The van der Waals surface area contributed by atoms with Gasteiger partial charge in [-0.1, -0.05) is 79.2 Å². The standard InChI is InChI=1S/C34H36ClN3O5S/c1-3-22-36-34(40)32(23-26-10-6-4-7-11-26)37(24-27-14-16-28(35)17-15-27)33(39)25-38(29-18-20-30(43-2)21-19-29)44(41,42)31-12-8-5-9-13-31/h4-21,32H,3,22-25H2,1-2H3,(H,36,40). The summed E-state index contributed by atoms with van der Waals surface area (Å²) in [6.45, 7) is 1.91. The van der Waals surface area contributed by atoms with Crippen LogP contribution in [0.25, 0.3) is 0 Å². The van der Waals surface area contributed by atoms with Crippen LogP contribution in [0.3, 0.4) is 0 Å². The highest BCUT2D eigenvalue weighted by molar-refractivity contribution is 7.92. The molecule has 4 rings (SSSR count). The number of amides is 2. The molecule has 0 bridgehead atoms. The summed E-state index contributed by atoms with van der Waals surface area (Å²) >= 11 is 6.13. The predicted molar refractivity (Wildman–Crippen MR) is 173 cm³/mol. The van der Waals surface area contributed by atoms with Crippen molar-refractivity contribution in [2.75, 3.05) is 24.5 Å². The summed E-state index contributed by atoms with van der Waals surface area (Å²) in [6, 6.07) is 29.9. The van der Waals surface area contributed by atoms with E-state index in [4.69, 9.17) is 16.3 Å². The van der Waals surface area contributed by atoms with Crippen molar-refractivity contribution in [2.45, 2.75) is 37.2 Å². The molecular weight excluding hydrogens is 598 g/mol. The largest absolute Gasteiger partial charge is 0.497 e. The van der Waals surface area contributed by atoms with Crippen molar-refractivity contribution < 1.29 is 22.7 Å². The molecule has 1 atom stereocenters. The first-order chi connectivity index (χ1) is 21.2. The van der Waals surface area contributed by atoms with Crippen molar-refractivity contribution in [1.29, 1.82) is 0 Å². The summed E-state index contributed by atoms with van der Waals surface area (Å²) < 4.78 is 34.3. The number of rotatable bonds is 14. The van der Waals surface area contributed by atoms with Crippen LogP contribution in [0.15, 0.2) is 114 Å². The molecule has 230 valence electrons. The van der Waals surface area contributed by atoms with Gasteiger partial charge in [-0.3, -0.25) is 13.9 Å². The number of halogens is 1. The average Bonchev–Trinajstić information content (AvgIpc) is 3.05. The number of benzene rings is 4. The number of hydrogen-bond acceptors (Lipinski definition) is 5. The minimum absolute atomic E-state index is 0.0365. The van der Waals surface area contributed by atoms with Gasteiger partial charge in [-0.2, -0.15) is 0 Å². The number of nitrogens with zero attached hydrogens (tertiary/aromatic N) is 2. The fourth-order valence-corrected chi connectivity index (χ4v) is 6.26. The van der Waals surface area contributed by atoms with Crippen molar-refractivity contribution in [3.8, 4) is 5.75 Å². The van der Waals surface area contributed by atoms with Crippen LogP contribution >= 0.6 is 11.6 Å². The molecule has 1 unspecified atom stereocenters. The smallest absolute Gasteiger partial charge is 0.264 e. The number of sulfonamides is 1. The van der Waals surface area contributed by atoms with Crippen LogP contribution in [-0.4, -0.2) is 51.4 Å². The summed E-state index contributed by atoms with van der Waals surface area (Å²) in [5.41, 5.74) is 1.89. The van der Waals surface area contributed by atoms with Crippen LogP contribution in [0.4, 0.5) is 5.69 Å². The fraction of sp³-hybridized carbons (Fsp3) is 0.235. The van der Waals surface area contributed by atoms with Gasteiger partial charge in [-0.15, -0.1) is 0 Å². The molecule has 1 N–H and O–H groups in total. The Balaban J connectivity index is 1.78. The number of hydrogen-bond donors (Lipinski definition) is 1. The molecule has 4 aromatic carbocycles. The lowest BCUT2D eigenvalue weighted by molar-refractivity contribution is -0.140. The molecular formula is C34H36ClN3O5S. The zero-order valence-electron chi connectivity index (χ0n) is 24.7. The monoisotopic (exact) mass is 633 g/mol. The lowest BCUT2D eigenvalue weighted by atomic mass is 10.0. The second-order valence-electron chi connectivity index (χ2n) is 10.2. The first-order valence-corrected chi connectivity index (χ1v) is 16.1. The quantitative estimate of drug-likeness (QED) is 0.192. The molecule has 0 aliphatic rings. The highest BCUT2D eigenvalue weighted by Gasteiger charge is 2.34. The molecule has 10 heteroatoms. The van der Waals surface area contributed by atoms with Crippen molar-refractivity contribution in [1.82, 2.24) is 10.2 Å². The number of anilines is 1. The van der Waals surface area contributed by atoms with Gasteiger partial charge in [0.2, 0.25) is 11.8 Å². The van der Waals surface area contributed by atoms with Crippen molar-refractivity contribution in [3.63, 3.8) is 0 Å². The van der Waals surface area contributed by atoms with Gasteiger partial charge < -0.3 is 15.0 Å². The minimum atomic E-state index is -4.17. The summed E-state index contributed by atoms with van der Waals surface area (Å²) in [5.74, 6) is -0.320. The zero-order valence-corrected chi connectivity index (χ0v) is 26.3. The molecule has 0 radical (unpaired) electrons. The Morgan fingerprint density at radius 1 is 0.841 bits per heavy atom. The van der Waals surface area contributed by atoms with E-state index in [0.717, 1.165) is 21.9 Å². The van der Waals surface area contributed by atoms with E-state index in [2.05, 4.69) is 5.32 Å². The van der Waals surface area contributed by atoms with Crippen LogP contribution in [0.5, 0.6) is 5.75 Å². The normalized spacial score (nSPS) is 11.8. The molecule has 2 amide bonds. The highest BCUT2D eigenvalue weighted by Crippen LogP contribution is 2.27. The van der Waals surface area contributed by atoms with Gasteiger partial charge in [-0.25, -0.2) is 8.42 Å². The first kappa shape index (κ1) is 32.6. The van der Waals surface area contributed by atoms with Gasteiger partial charge in [0.15, 0.2) is 0 Å². The van der Waals surface area contributed by atoms with E-state index in [1.54, 1.807) is 66.7 Å². The average molecular weight is 634 g/mol. The summed E-state index contributed by atoms with van der Waals surface area (Å²) in [5, 5.41) is 3.47. The van der Waals surface area contributed by atoms with Gasteiger partial charge in [0.1, 0.15) is 18.3 Å². The third-order valence-electron chi connectivity index (χ3n) is 7.06. The van der Waals surface area contributed by atoms with E-state index in [1.807, 2.05) is 37.3 Å². The molecule has 0 saturated carbocycles. The van der Waals surface area contributed by atoms with Gasteiger partial charge in [-0.05, 0) is 66.1 Å². The van der Waals surface area contributed by atoms with Crippen molar-refractivity contribution in [3.05, 3.63) is 125 Å². The van der Waals surface area contributed by atoms with Crippen LogP contribution in [0, 0.1) is 0 Å². The predicted octanol–water partition coefficient (Wildman–Crippen LogP) is 5.71. The van der Waals surface area contributed by atoms with E-state index < -0.39 is 28.5 Å². The third kappa shape index (κ3) is 8.39. The van der Waals surface area contributed by atoms with E-state index in [-0.39, 0.29) is 29.5 Å². The number of carbonyl (C=O) groups is 2. The maximum Gasteiger partial charge on any atom is 0.264 e. The molecule has 0 aromatic heterocycles. The van der Waals surface area contributed by atoms with Gasteiger partial charge in [0.05, 0.1) is 17.7 Å². The molecule has 4 aromatic rings. The topological polar surface area (TPSA) is 96.0 Å². The van der Waals surface area contributed by atoms with Crippen molar-refractivity contribution >= 4 is 39.1 Å². The molecule has 0 aliphatic carbocycles. The highest BCUT2D eigenvalue weighted by atomic mass is 35.5. The lowest BCUT2D eigenvalue weighted by Gasteiger charge is -2.34. The van der Waals surface area contributed by atoms with Gasteiger partial charge in [0, 0.05) is 24.5 Å². The Labute approximate surface area is 264 Å². The van der Waals surface area contributed by atoms with Crippen LogP contribution in [0.1, 0.15) is 24.5 Å². The minimum Gasteiger partial charge on any atom is -0.497 e. The number of carbonyl (C=O) groups excluding carboxylic acids is 2. The Kier molecular flexibility index (Phi) is 11.4. The molecule has 0 aliphatic heterocycles. The molecule has 0 fully saturated rings. The SMILES string of the molecule is CCCNC(=O)C(Cc1ccccc1)N(Cc1ccc(Cl)cc1)C(=O)CN(c1ccc(OC)cc1)S(=O)(=O)c1ccccc1. The summed E-state index contributed by atoms with van der Waals surface area (Å²) in [7, 11) is -2.66. The molecule has 44 heavy (non-hydrogen) atoms. The van der Waals surface area contributed by atoms with Crippen molar-refractivity contribution in [2.24, 2.45) is 0 Å². The fourth-order valence-electron chi connectivity index (χ4n) is 4.70. The zero-order chi connectivity index (χ0) is 31.5. The summed E-state index contributed by atoms with van der Waals surface area (Å²) in [6.07, 6.45) is 0.958. The second kappa shape index (κ2) is 15.4. The maximum absolute atomic E-state index is 14.4. The Morgan fingerprint density at radius 2 is 1.45 bits per heavy atom. The van der Waals surface area contributed by atoms with Crippen LogP contribution < -0.4 is 14.4 Å². The Bertz CT molecular complexity index is 1620. The number of ether oxygens (including phenoxy) is 1. The van der Waals surface area contributed by atoms with E-state index in [9.17, 15) is 18.0 Å². The Hall–Kier alpha value is -4.34. The molecule has 0 saturated heterocycles. The number of methoxy groups -OCH3 is 1. The molecule has 0 spiro atoms.